The monoisotopic (exact) mass is 406 g/mol. The first-order valence-corrected chi connectivity index (χ1v) is 8.55. The van der Waals surface area contributed by atoms with E-state index >= 15 is 0 Å². The third-order valence-corrected chi connectivity index (χ3v) is 3.66. The van der Waals surface area contributed by atoms with Crippen LogP contribution >= 0.6 is 15.9 Å². The highest BCUT2D eigenvalue weighted by Crippen LogP contribution is 2.24. The van der Waals surface area contributed by atoms with Gasteiger partial charge in [-0.05, 0) is 34.1 Å². The van der Waals surface area contributed by atoms with Gasteiger partial charge in [0.2, 0.25) is 0 Å². The number of hydrogen-bond acceptors (Lipinski definition) is 7. The number of rotatable bonds is 7. The molecule has 0 fully saturated rings. The number of nitrogens with one attached hydrogen (secondary N) is 1. The Bertz CT molecular complexity index is 702. The summed E-state index contributed by atoms with van der Waals surface area (Å²) < 4.78 is 41.0. The van der Waals surface area contributed by atoms with E-state index in [2.05, 4.69) is 32.6 Å². The Hall–Kier alpha value is -1.91. The van der Waals surface area contributed by atoms with Crippen LogP contribution in [0.1, 0.15) is 10.4 Å². The van der Waals surface area contributed by atoms with Crippen LogP contribution in [-0.4, -0.2) is 44.0 Å². The second kappa shape index (κ2) is 8.65. The number of hydrogen-bond donors (Lipinski definition) is 1. The molecule has 0 radical (unpaired) electrons. The van der Waals surface area contributed by atoms with Crippen LogP contribution in [0.5, 0.6) is 0 Å². The van der Waals surface area contributed by atoms with Gasteiger partial charge in [-0.25, -0.2) is 18.0 Å². The first-order valence-electron chi connectivity index (χ1n) is 6.18. The van der Waals surface area contributed by atoms with Gasteiger partial charge in [-0.15, -0.1) is 0 Å². The second-order valence-electron chi connectivity index (χ2n) is 4.10. The molecule has 0 saturated heterocycles. The van der Waals surface area contributed by atoms with E-state index in [1.54, 1.807) is 0 Å². The number of halogens is 1. The molecule has 8 nitrogen and oxygen atoms in total. The van der Waals surface area contributed by atoms with Crippen LogP contribution in [0.15, 0.2) is 35.3 Å². The average Bonchev–Trinajstić information content (AvgIpc) is 2.45. The van der Waals surface area contributed by atoms with Crippen molar-refractivity contribution in [1.29, 1.82) is 0 Å². The Morgan fingerprint density at radius 1 is 1.35 bits per heavy atom. The van der Waals surface area contributed by atoms with Gasteiger partial charge in [0, 0.05) is 4.47 Å². The van der Waals surface area contributed by atoms with Crippen molar-refractivity contribution in [3.63, 3.8) is 0 Å². The summed E-state index contributed by atoms with van der Waals surface area (Å²) in [6.45, 7) is 2.93. The molecule has 126 valence electrons. The van der Waals surface area contributed by atoms with E-state index in [1.165, 1.54) is 24.3 Å². The highest BCUT2D eigenvalue weighted by molar-refractivity contribution is 9.10. The standard InChI is InChI=1S/C13H14BrNO7S/c1-2-5-22-13(17)15-11-4-3-9(8-10(11)14)12(16)21-6-7-23(18,19)20/h2-4,8H,1,5-7H2,(H,15,17)(H,18,19,20)/p-1. The summed E-state index contributed by atoms with van der Waals surface area (Å²) in [5, 5.41) is 2.45. The number of carbonyl (C=O) groups is 2. The Morgan fingerprint density at radius 2 is 2.04 bits per heavy atom. The van der Waals surface area contributed by atoms with Crippen molar-refractivity contribution in [1.82, 2.24) is 0 Å². The summed E-state index contributed by atoms with van der Waals surface area (Å²) in [5.74, 6) is -1.59. The lowest BCUT2D eigenvalue weighted by molar-refractivity contribution is 0.0528. The Labute approximate surface area is 141 Å². The lowest BCUT2D eigenvalue weighted by Crippen LogP contribution is -2.16. The molecule has 0 aliphatic carbocycles. The fourth-order valence-electron chi connectivity index (χ4n) is 1.34. The molecule has 1 amide bonds. The summed E-state index contributed by atoms with van der Waals surface area (Å²) in [6.07, 6.45) is 0.720. The topological polar surface area (TPSA) is 122 Å². The quantitative estimate of drug-likeness (QED) is 0.416. The predicted molar refractivity (Wildman–Crippen MR) is 84.2 cm³/mol. The fourth-order valence-corrected chi connectivity index (χ4v) is 2.11. The summed E-state index contributed by atoms with van der Waals surface area (Å²) in [4.78, 5) is 23.1. The molecule has 1 rings (SSSR count). The van der Waals surface area contributed by atoms with Gasteiger partial charge in [-0.3, -0.25) is 5.32 Å². The number of carbonyl (C=O) groups excluding carboxylic acids is 2. The molecule has 0 heterocycles. The number of amides is 1. The van der Waals surface area contributed by atoms with Gasteiger partial charge in [0.15, 0.2) is 0 Å². The van der Waals surface area contributed by atoms with Crippen LogP contribution in [0.3, 0.4) is 0 Å². The lowest BCUT2D eigenvalue weighted by atomic mass is 10.2. The summed E-state index contributed by atoms with van der Waals surface area (Å²) in [7, 11) is -4.44. The van der Waals surface area contributed by atoms with E-state index < -0.39 is 34.5 Å². The predicted octanol–water partition coefficient (Wildman–Crippen LogP) is 1.89. The third-order valence-electron chi connectivity index (χ3n) is 2.34. The largest absolute Gasteiger partial charge is 0.748 e. The summed E-state index contributed by atoms with van der Waals surface area (Å²) in [6, 6.07) is 4.17. The second-order valence-corrected chi connectivity index (χ2v) is 6.48. The maximum Gasteiger partial charge on any atom is 0.411 e. The van der Waals surface area contributed by atoms with Crippen LogP contribution < -0.4 is 5.32 Å². The number of esters is 1. The first-order chi connectivity index (χ1) is 10.7. The van der Waals surface area contributed by atoms with Gasteiger partial charge < -0.3 is 14.0 Å². The number of anilines is 1. The van der Waals surface area contributed by atoms with Gasteiger partial charge >= 0.3 is 12.1 Å². The number of ether oxygens (including phenoxy) is 2. The lowest BCUT2D eigenvalue weighted by Gasteiger charge is -2.10. The van der Waals surface area contributed by atoms with Crippen LogP contribution in [0.2, 0.25) is 0 Å². The molecule has 0 atom stereocenters. The molecular formula is C13H13BrNO7S-. The Morgan fingerprint density at radius 3 is 2.61 bits per heavy atom. The smallest absolute Gasteiger partial charge is 0.411 e. The molecule has 1 N–H and O–H groups in total. The van der Waals surface area contributed by atoms with Gasteiger partial charge in [0.1, 0.15) is 13.2 Å². The molecule has 0 aliphatic rings. The zero-order chi connectivity index (χ0) is 17.5. The molecule has 0 bridgehead atoms. The maximum atomic E-state index is 11.7. The number of benzene rings is 1. The minimum Gasteiger partial charge on any atom is -0.748 e. The molecule has 0 spiro atoms. The molecule has 10 heteroatoms. The summed E-state index contributed by atoms with van der Waals surface area (Å²) in [5.41, 5.74) is 0.475. The average molecular weight is 407 g/mol. The van der Waals surface area contributed by atoms with E-state index in [0.29, 0.717) is 10.2 Å². The maximum absolute atomic E-state index is 11.7. The molecule has 1 aromatic rings. The normalized spacial score (nSPS) is 10.7. The van der Waals surface area contributed by atoms with Crippen molar-refractivity contribution < 1.29 is 32.0 Å². The van der Waals surface area contributed by atoms with Crippen molar-refractivity contribution >= 4 is 43.8 Å². The first kappa shape index (κ1) is 19.1. The van der Waals surface area contributed by atoms with E-state index in [4.69, 9.17) is 4.74 Å². The van der Waals surface area contributed by atoms with Gasteiger partial charge in [-0.1, -0.05) is 12.7 Å². The van der Waals surface area contributed by atoms with E-state index in [1.807, 2.05) is 0 Å². The van der Waals surface area contributed by atoms with E-state index in [-0.39, 0.29) is 12.2 Å². The molecular weight excluding hydrogens is 394 g/mol. The van der Waals surface area contributed by atoms with Crippen molar-refractivity contribution in [3.8, 4) is 0 Å². The molecule has 23 heavy (non-hydrogen) atoms. The molecule has 0 unspecified atom stereocenters. The van der Waals surface area contributed by atoms with Gasteiger partial charge in [-0.2, -0.15) is 0 Å². The highest BCUT2D eigenvalue weighted by Gasteiger charge is 2.12. The van der Waals surface area contributed by atoms with Crippen LogP contribution in [0, 0.1) is 0 Å². The van der Waals surface area contributed by atoms with Crippen LogP contribution in [0.4, 0.5) is 10.5 Å². The molecule has 0 saturated carbocycles. The van der Waals surface area contributed by atoms with Crippen LogP contribution in [0.25, 0.3) is 0 Å². The fraction of sp³-hybridized carbons (Fsp3) is 0.231. The summed E-state index contributed by atoms with van der Waals surface area (Å²) >= 11 is 3.17. The van der Waals surface area contributed by atoms with Crippen molar-refractivity contribution in [3.05, 3.63) is 40.9 Å². The van der Waals surface area contributed by atoms with Crippen molar-refractivity contribution in [2.24, 2.45) is 0 Å². The zero-order valence-corrected chi connectivity index (χ0v) is 14.2. The van der Waals surface area contributed by atoms with Gasteiger partial charge in [0.25, 0.3) is 0 Å². The minimum atomic E-state index is -4.44. The Kier molecular flexibility index (Phi) is 7.20. The third kappa shape index (κ3) is 7.26. The Balaban J connectivity index is 2.66. The highest BCUT2D eigenvalue weighted by atomic mass is 79.9. The molecule has 1 aromatic carbocycles. The van der Waals surface area contributed by atoms with Crippen molar-refractivity contribution in [2.75, 3.05) is 24.3 Å². The minimum absolute atomic E-state index is 0.0521. The SMILES string of the molecule is C=CCOC(=O)Nc1ccc(C(=O)OCCS(=O)(=O)[O-])cc1Br. The van der Waals surface area contributed by atoms with E-state index in [0.717, 1.165) is 0 Å². The van der Waals surface area contributed by atoms with E-state index in [9.17, 15) is 22.6 Å². The zero-order valence-electron chi connectivity index (χ0n) is 11.8. The van der Waals surface area contributed by atoms with Crippen molar-refractivity contribution in [2.45, 2.75) is 0 Å². The molecule has 0 aromatic heterocycles. The van der Waals surface area contributed by atoms with Gasteiger partial charge in [0.05, 0.1) is 27.1 Å². The van der Waals surface area contributed by atoms with Crippen LogP contribution in [-0.2, 0) is 19.6 Å². The molecule has 0 aliphatic heterocycles.